The molecular weight excluding hydrogens is 885 g/mol. The molecule has 1 spiro atoms. The van der Waals surface area contributed by atoms with E-state index in [2.05, 4.69) is 72.8 Å². The Morgan fingerprint density at radius 2 is 1.79 bits per heavy atom. The summed E-state index contributed by atoms with van der Waals surface area (Å²) in [6.07, 6.45) is 9.94. The lowest BCUT2D eigenvalue weighted by Gasteiger charge is -2.57. The Balaban J connectivity index is 0.876. The molecule has 2 saturated carbocycles. The van der Waals surface area contributed by atoms with Crippen molar-refractivity contribution >= 4 is 49.8 Å². The maximum absolute atomic E-state index is 14.2. The van der Waals surface area contributed by atoms with Gasteiger partial charge >= 0.3 is 5.82 Å². The van der Waals surface area contributed by atoms with Crippen LogP contribution in [-0.4, -0.2) is 89.7 Å². The van der Waals surface area contributed by atoms with E-state index in [0.29, 0.717) is 54.6 Å². The number of amides is 1. The van der Waals surface area contributed by atoms with Crippen molar-refractivity contribution in [3.8, 4) is 17.2 Å². The van der Waals surface area contributed by atoms with Crippen LogP contribution in [0.1, 0.15) is 112 Å². The first-order valence-corrected chi connectivity index (χ1v) is 25.3. The highest BCUT2D eigenvalue weighted by atomic mass is 32.2. The number of nitrogens with one attached hydrogen (secondary N) is 3. The Hall–Kier alpha value is -6.22. The number of anilines is 2. The third-order valence-electron chi connectivity index (χ3n) is 15.5. The number of benzene rings is 3. The van der Waals surface area contributed by atoms with Gasteiger partial charge in [0.1, 0.15) is 12.4 Å². The average molecular weight is 943 g/mol. The highest BCUT2D eigenvalue weighted by molar-refractivity contribution is 7.90. The summed E-state index contributed by atoms with van der Waals surface area (Å²) in [5.74, 6) is 0.117. The second-order valence-electron chi connectivity index (χ2n) is 20.3. The number of rotatable bonds is 11. The topological polar surface area (TPSA) is 197 Å². The number of hydrogen-bond acceptors (Lipinski definition) is 12. The molecule has 0 unspecified atom stereocenters. The Bertz CT molecular complexity index is 2920. The number of sulfonamides is 1. The van der Waals surface area contributed by atoms with E-state index in [0.717, 1.165) is 50.8 Å². The van der Waals surface area contributed by atoms with Gasteiger partial charge in [0, 0.05) is 67.7 Å². The third kappa shape index (κ3) is 8.73. The fourth-order valence-corrected chi connectivity index (χ4v) is 12.6. The van der Waals surface area contributed by atoms with Gasteiger partial charge < -0.3 is 34.6 Å². The van der Waals surface area contributed by atoms with Crippen LogP contribution in [0, 0.1) is 28.0 Å². The van der Waals surface area contributed by atoms with Crippen molar-refractivity contribution < 1.29 is 32.7 Å². The van der Waals surface area contributed by atoms with Gasteiger partial charge in [0.05, 0.1) is 27.0 Å². The molecule has 1 amide bonds. The zero-order chi connectivity index (χ0) is 47.5. The quantitative estimate of drug-likeness (QED) is 0.0557. The number of likely N-dealkylation sites (tertiary alicyclic amines) is 1. The molecule has 10 rings (SSSR count). The fourth-order valence-electron chi connectivity index (χ4n) is 11.6. The van der Waals surface area contributed by atoms with Gasteiger partial charge in [-0.2, -0.15) is 0 Å². The molecule has 5 heterocycles. The molecule has 4 N–H and O–H groups in total. The summed E-state index contributed by atoms with van der Waals surface area (Å²) < 4.78 is 42.5. The Morgan fingerprint density at radius 1 is 1.03 bits per heavy atom. The molecule has 4 fully saturated rings. The van der Waals surface area contributed by atoms with E-state index in [9.17, 15) is 28.4 Å². The minimum absolute atomic E-state index is 0.0140. The van der Waals surface area contributed by atoms with Crippen LogP contribution in [-0.2, 0) is 10.0 Å². The average Bonchev–Trinajstić information content (AvgIpc) is 3.99. The molecule has 68 heavy (non-hydrogen) atoms. The summed E-state index contributed by atoms with van der Waals surface area (Å²) in [4.78, 5) is 41.4. The molecule has 3 atom stereocenters. The monoisotopic (exact) mass is 942 g/mol. The minimum Gasteiger partial charge on any atom is -0.489 e. The van der Waals surface area contributed by atoms with Crippen LogP contribution in [0.25, 0.3) is 15.9 Å². The van der Waals surface area contributed by atoms with E-state index < -0.39 is 37.0 Å². The molecule has 16 nitrogen and oxygen atoms in total. The molecule has 2 aromatic heterocycles. The summed E-state index contributed by atoms with van der Waals surface area (Å²) in [5.41, 5.74) is 3.12. The summed E-state index contributed by atoms with van der Waals surface area (Å²) in [7, 11) is -4.72. The maximum Gasteiger partial charge on any atom is 0.314 e. The van der Waals surface area contributed by atoms with Crippen molar-refractivity contribution in [2.24, 2.45) is 11.3 Å². The molecule has 0 radical (unpaired) electrons. The molecule has 2 aliphatic carbocycles. The van der Waals surface area contributed by atoms with Crippen molar-refractivity contribution in [2.75, 3.05) is 43.0 Å². The van der Waals surface area contributed by atoms with Crippen molar-refractivity contribution in [1.29, 1.82) is 0 Å². The molecule has 5 aliphatic rings. The first-order chi connectivity index (χ1) is 32.6. The molecule has 5 aromatic rings. The number of aromatic nitrogens is 2. The standard InChI is InChI=1S/C51H58N8O8S/c1-31(2)36-8-5-6-9-37(36)38-10-7-11-41(38)58-29-51(30-58)19-22-57(23-20-51)34-12-13-39(43(25-34)67-45-24-33-16-21-53-47(33)55-48(45)52-4)49(60)56-68(64,65)35-26-42(59(62)63)46-44(27-35)66-28-40(54-46)32-14-17-50(3,61)18-15-32/h5-6,8-9,12-13,16,21,24-27,31-32,38,40-41,54,61H,7,10-11,14-15,17-20,22-23,28-30H2,1-3H3,(H,53,55)(H,56,60)/t32?,38-,40+,41-,50?/m0/s1. The Kier molecular flexibility index (Phi) is 11.9. The van der Waals surface area contributed by atoms with Gasteiger partial charge in [-0.1, -0.05) is 56.1 Å². The maximum atomic E-state index is 14.2. The van der Waals surface area contributed by atoms with E-state index in [-0.39, 0.29) is 58.3 Å². The number of aromatic amines is 1. The van der Waals surface area contributed by atoms with Gasteiger partial charge in [-0.05, 0) is 117 Å². The molecule has 3 aliphatic heterocycles. The largest absolute Gasteiger partial charge is 0.489 e. The SMILES string of the molecule is [C-]#[N+]c1nc2[nH]ccc2cc1Oc1cc(N2CCC3(CC2)CN([C@H]2CCC[C@H]2c2ccccc2C(C)C)C3)ccc1C(=O)NS(=O)(=O)c1cc2c(c([N+](=O)[O-])c1)N[C@@H](C1CCC(C)(O)CC1)CO2. The zero-order valence-corrected chi connectivity index (χ0v) is 39.5. The van der Waals surface area contributed by atoms with Crippen LogP contribution in [0.5, 0.6) is 17.2 Å². The molecule has 3 aromatic carbocycles. The van der Waals surface area contributed by atoms with Gasteiger partial charge in [-0.3, -0.25) is 19.8 Å². The highest BCUT2D eigenvalue weighted by Gasteiger charge is 2.49. The van der Waals surface area contributed by atoms with Crippen LogP contribution in [0.2, 0.25) is 0 Å². The van der Waals surface area contributed by atoms with Crippen molar-refractivity contribution in [3.05, 3.63) is 111 Å². The molecule has 0 bridgehead atoms. The summed E-state index contributed by atoms with van der Waals surface area (Å²) in [6.45, 7) is 18.1. The number of piperidine rings is 1. The lowest BCUT2D eigenvalue weighted by atomic mass is 9.70. The summed E-state index contributed by atoms with van der Waals surface area (Å²) >= 11 is 0. The molecule has 2 saturated heterocycles. The van der Waals surface area contributed by atoms with E-state index in [1.165, 1.54) is 42.5 Å². The van der Waals surface area contributed by atoms with E-state index in [1.807, 2.05) is 0 Å². The number of hydrogen-bond donors (Lipinski definition) is 4. The number of nitrogens with zero attached hydrogens (tertiary/aromatic N) is 5. The van der Waals surface area contributed by atoms with Crippen molar-refractivity contribution in [1.82, 2.24) is 19.6 Å². The van der Waals surface area contributed by atoms with E-state index in [1.54, 1.807) is 37.4 Å². The number of carbonyl (C=O) groups is 1. The normalized spacial score (nSPS) is 24.7. The van der Waals surface area contributed by atoms with Crippen LogP contribution in [0.4, 0.5) is 22.9 Å². The minimum atomic E-state index is -4.72. The number of fused-ring (bicyclic) bond motifs is 2. The number of ether oxygens (including phenoxy) is 2. The third-order valence-corrected chi connectivity index (χ3v) is 16.8. The van der Waals surface area contributed by atoms with E-state index >= 15 is 0 Å². The molecular formula is C51H58N8O8S. The van der Waals surface area contributed by atoms with E-state index in [4.69, 9.17) is 16.0 Å². The number of aliphatic hydroxyl groups is 1. The second-order valence-corrected chi connectivity index (χ2v) is 22.0. The second kappa shape index (κ2) is 17.7. The van der Waals surface area contributed by atoms with Crippen LogP contribution < -0.4 is 24.4 Å². The lowest BCUT2D eigenvalue weighted by molar-refractivity contribution is -0.384. The molecule has 356 valence electrons. The Labute approximate surface area is 396 Å². The van der Waals surface area contributed by atoms with Gasteiger partial charge in [0.2, 0.25) is 5.65 Å². The number of nitro groups is 1. The van der Waals surface area contributed by atoms with Gasteiger partial charge in [-0.25, -0.2) is 13.1 Å². The first kappa shape index (κ1) is 45.6. The van der Waals surface area contributed by atoms with Gasteiger partial charge in [0.25, 0.3) is 21.6 Å². The molecule has 17 heteroatoms. The fraction of sp³-hybridized carbons (Fsp3) is 0.471. The number of pyridine rings is 1. The van der Waals surface area contributed by atoms with Crippen molar-refractivity contribution in [3.63, 3.8) is 0 Å². The van der Waals surface area contributed by atoms with Gasteiger partial charge in [0.15, 0.2) is 17.2 Å². The number of H-pyrrole nitrogens is 1. The highest BCUT2D eigenvalue weighted by Crippen LogP contribution is 2.49. The number of carbonyl (C=O) groups excluding carboxylic acids is 1. The summed E-state index contributed by atoms with van der Waals surface area (Å²) in [5, 5.41) is 26.8. The zero-order valence-electron chi connectivity index (χ0n) is 38.7. The summed E-state index contributed by atoms with van der Waals surface area (Å²) in [6, 6.07) is 19.7. The number of nitro benzene ring substituents is 1. The predicted molar refractivity (Wildman–Crippen MR) is 258 cm³/mol. The van der Waals surface area contributed by atoms with Gasteiger partial charge in [-0.15, -0.1) is 0 Å². The van der Waals surface area contributed by atoms with Crippen molar-refractivity contribution in [2.45, 2.75) is 113 Å². The Morgan fingerprint density at radius 3 is 2.53 bits per heavy atom. The van der Waals surface area contributed by atoms with Crippen LogP contribution in [0.3, 0.4) is 0 Å². The smallest absolute Gasteiger partial charge is 0.314 e. The predicted octanol–water partition coefficient (Wildman–Crippen LogP) is 9.41. The van der Waals surface area contributed by atoms with Crippen LogP contribution in [0.15, 0.2) is 77.8 Å². The van der Waals surface area contributed by atoms with Crippen LogP contribution >= 0.6 is 0 Å². The first-order valence-electron chi connectivity index (χ1n) is 23.9. The lowest BCUT2D eigenvalue weighted by Crippen LogP contribution is -2.63.